The first-order valence-electron chi connectivity index (χ1n) is 21.5. The molecule has 3 aliphatic rings. The van der Waals surface area contributed by atoms with Crippen molar-refractivity contribution >= 4 is 23.5 Å². The lowest BCUT2D eigenvalue weighted by Gasteiger charge is -2.47. The van der Waals surface area contributed by atoms with E-state index in [0.29, 0.717) is 57.4 Å². The molecule has 17 nitrogen and oxygen atoms in total. The quantitative estimate of drug-likeness (QED) is 0.104. The molecule has 0 bridgehead atoms. The van der Waals surface area contributed by atoms with Crippen LogP contribution in [-0.4, -0.2) is 149 Å². The number of esters is 1. The number of unbranched alkanes of at least 4 members (excludes halogenated alkanes) is 1. The van der Waals surface area contributed by atoms with Gasteiger partial charge in [-0.25, -0.2) is 4.79 Å². The van der Waals surface area contributed by atoms with Crippen LogP contribution in [0.3, 0.4) is 0 Å². The Morgan fingerprint density at radius 1 is 1.10 bits per heavy atom. The van der Waals surface area contributed by atoms with Gasteiger partial charge in [-0.05, 0) is 98.5 Å². The Hall–Kier alpha value is -3.71. The summed E-state index contributed by atoms with van der Waals surface area (Å²) in [6, 6.07) is 6.35. The number of rotatable bonds is 12. The number of cyclic esters (lactones) is 1. The second-order valence-electron chi connectivity index (χ2n) is 17.8. The van der Waals surface area contributed by atoms with Gasteiger partial charge in [-0.15, -0.1) is 5.10 Å². The number of methoxy groups -OCH3 is 1. The standard InChI is InChI=1S/C43H70N8O9/c1-11-34-43(7)37(51(41(55)60-43)18-13-12-17-50-24-32(47-48-50)29-15-14-16-30(45)19-29)28(5)46-23-25(2)21-42(6,56-10)38(26(3)35(52)27(4)39(54)58-34)59-40-36(53)33(49(8)9)20-31(22-44)57-40/h14-16,19,24-28,31,33-34,36-38,40,46,53H,11-13,17-18,20-23,44-45H2,1-10H3/t25-,26-,27-,28-,31+,33+,34-,36-,37-,38-,40?,42-,43-/m1/s1. The predicted octanol–water partition coefficient (Wildman–Crippen LogP) is 3.22. The maximum Gasteiger partial charge on any atom is 0.410 e. The van der Waals surface area contributed by atoms with Crippen LogP contribution in [0.2, 0.25) is 0 Å². The molecule has 3 saturated heterocycles. The lowest BCUT2D eigenvalue weighted by molar-refractivity contribution is -0.296. The normalized spacial score (nSPS) is 36.0. The average Bonchev–Trinajstić information content (AvgIpc) is 3.80. The van der Waals surface area contributed by atoms with E-state index in [2.05, 4.69) is 22.6 Å². The minimum atomic E-state index is -1.24. The molecule has 17 heteroatoms. The molecule has 0 saturated carbocycles. The number of hydrogen-bond donors (Lipinski definition) is 4. The van der Waals surface area contributed by atoms with Gasteiger partial charge in [-0.1, -0.05) is 38.1 Å². The van der Waals surface area contributed by atoms with Crippen molar-refractivity contribution in [2.45, 2.75) is 147 Å². The second kappa shape index (κ2) is 20.0. The molecule has 60 heavy (non-hydrogen) atoms. The van der Waals surface area contributed by atoms with Gasteiger partial charge in [-0.3, -0.25) is 19.2 Å². The van der Waals surface area contributed by atoms with Crippen molar-refractivity contribution in [2.75, 3.05) is 46.6 Å². The summed E-state index contributed by atoms with van der Waals surface area (Å²) in [7, 11) is 5.32. The van der Waals surface area contributed by atoms with E-state index in [1.54, 1.807) is 23.6 Å². The number of nitrogen functional groups attached to an aromatic ring is 1. The number of Topliss-reactive ketones (excluding diaryl/α,β-unsaturated/α-hetero) is 1. The molecule has 0 radical (unpaired) electrons. The number of benzene rings is 1. The van der Waals surface area contributed by atoms with Gasteiger partial charge in [0.05, 0.1) is 30.0 Å². The van der Waals surface area contributed by atoms with Crippen molar-refractivity contribution in [1.29, 1.82) is 0 Å². The summed E-state index contributed by atoms with van der Waals surface area (Å²) < 4.78 is 33.3. The zero-order valence-corrected chi connectivity index (χ0v) is 37.2. The Morgan fingerprint density at radius 2 is 1.82 bits per heavy atom. The van der Waals surface area contributed by atoms with E-state index >= 15 is 0 Å². The fourth-order valence-corrected chi connectivity index (χ4v) is 9.49. The monoisotopic (exact) mass is 843 g/mol. The summed E-state index contributed by atoms with van der Waals surface area (Å²) in [5.74, 6) is -3.27. The number of aliphatic hydroxyl groups is 1. The highest BCUT2D eigenvalue weighted by molar-refractivity contribution is 6.00. The zero-order valence-electron chi connectivity index (χ0n) is 37.2. The summed E-state index contributed by atoms with van der Waals surface area (Å²) in [5, 5.41) is 23.8. The molecular formula is C43H70N8O9. The number of carbonyl (C=O) groups excluding carboxylic acids is 3. The van der Waals surface area contributed by atoms with Gasteiger partial charge in [0.1, 0.15) is 23.8 Å². The van der Waals surface area contributed by atoms with Crippen LogP contribution in [-0.2, 0) is 39.8 Å². The van der Waals surface area contributed by atoms with E-state index in [-0.39, 0.29) is 30.7 Å². The van der Waals surface area contributed by atoms with Crippen LogP contribution in [0.4, 0.5) is 10.5 Å². The first-order valence-corrected chi connectivity index (χ1v) is 21.5. The van der Waals surface area contributed by atoms with Crippen molar-refractivity contribution in [3.63, 3.8) is 0 Å². The number of carbonyl (C=O) groups is 3. The Morgan fingerprint density at radius 3 is 2.47 bits per heavy atom. The zero-order chi connectivity index (χ0) is 44.1. The lowest BCUT2D eigenvalue weighted by Crippen LogP contribution is -2.61. The van der Waals surface area contributed by atoms with Gasteiger partial charge in [-0.2, -0.15) is 0 Å². The van der Waals surface area contributed by atoms with Crippen molar-refractivity contribution in [3.8, 4) is 11.3 Å². The smallest absolute Gasteiger partial charge is 0.410 e. The average molecular weight is 843 g/mol. The van der Waals surface area contributed by atoms with Crippen molar-refractivity contribution in [1.82, 2.24) is 30.1 Å². The number of aryl methyl sites for hydroxylation is 1. The first kappa shape index (κ1) is 47.3. The Labute approximate surface area is 355 Å². The number of hydrogen-bond acceptors (Lipinski definition) is 15. The topological polar surface area (TPSA) is 219 Å². The molecule has 3 fully saturated rings. The fraction of sp³-hybridized carbons (Fsp3) is 0.744. The van der Waals surface area contributed by atoms with Crippen LogP contribution in [0.1, 0.15) is 80.6 Å². The molecule has 336 valence electrons. The summed E-state index contributed by atoms with van der Waals surface area (Å²) in [4.78, 5) is 45.9. The number of aromatic nitrogens is 3. The molecule has 6 N–H and O–H groups in total. The Balaban J connectivity index is 1.38. The second-order valence-corrected chi connectivity index (χ2v) is 17.8. The summed E-state index contributed by atoms with van der Waals surface area (Å²) in [6.45, 7) is 14.6. The number of amides is 1. The molecule has 5 rings (SSSR count). The van der Waals surface area contributed by atoms with Gasteiger partial charge in [0.25, 0.3) is 0 Å². The van der Waals surface area contributed by atoms with Crippen LogP contribution in [0.5, 0.6) is 0 Å². The van der Waals surface area contributed by atoms with Crippen LogP contribution < -0.4 is 16.8 Å². The van der Waals surface area contributed by atoms with Crippen LogP contribution in [0.25, 0.3) is 11.3 Å². The minimum Gasteiger partial charge on any atom is -0.458 e. The molecule has 2 aromatic rings. The van der Waals surface area contributed by atoms with E-state index in [4.69, 9.17) is 35.2 Å². The third-order valence-corrected chi connectivity index (χ3v) is 13.0. The van der Waals surface area contributed by atoms with E-state index in [9.17, 15) is 19.5 Å². The van der Waals surface area contributed by atoms with Gasteiger partial charge in [0.2, 0.25) is 0 Å². The summed E-state index contributed by atoms with van der Waals surface area (Å²) in [5.41, 5.74) is 12.0. The molecule has 0 spiro atoms. The Kier molecular flexibility index (Phi) is 15.8. The molecule has 0 aliphatic carbocycles. The molecule has 13 atom stereocenters. The molecular weight excluding hydrogens is 773 g/mol. The number of likely N-dealkylation sites (N-methyl/N-ethyl adjacent to an activating group) is 1. The highest BCUT2D eigenvalue weighted by Gasteiger charge is 2.58. The maximum atomic E-state index is 14.4. The van der Waals surface area contributed by atoms with Gasteiger partial charge in [0, 0.05) is 56.0 Å². The molecule has 3 aliphatic heterocycles. The maximum absolute atomic E-state index is 14.4. The van der Waals surface area contributed by atoms with Crippen LogP contribution in [0.15, 0.2) is 30.5 Å². The molecule has 4 heterocycles. The number of nitrogens with two attached hydrogens (primary N) is 2. The molecule has 1 unspecified atom stereocenters. The number of nitrogens with one attached hydrogen (secondary N) is 1. The SMILES string of the molecule is CC[C@H]1OC(=O)[C@H](C)C(=O)[C@@H](C)[C@@H](OC2O[C@H](CN)C[C@H](N(C)C)[C@H]2O)[C@](C)(OC)C[C@@H](C)CN[C@H](C)[C@H]2N(CCCCn3cc(-c4cccc(N)c4)nn3)C(=O)O[C@]12C. The Bertz CT molecular complexity index is 1760. The number of fused-ring (bicyclic) bond motifs is 1. The number of ketones is 1. The highest BCUT2D eigenvalue weighted by Crippen LogP contribution is 2.40. The fourth-order valence-electron chi connectivity index (χ4n) is 9.49. The lowest BCUT2D eigenvalue weighted by atomic mass is 9.78. The number of ether oxygens (including phenoxy) is 5. The largest absolute Gasteiger partial charge is 0.458 e. The van der Waals surface area contributed by atoms with Gasteiger partial charge < -0.3 is 50.5 Å². The van der Waals surface area contributed by atoms with E-state index < -0.39 is 71.5 Å². The third-order valence-electron chi connectivity index (χ3n) is 13.0. The predicted molar refractivity (Wildman–Crippen MR) is 225 cm³/mol. The van der Waals surface area contributed by atoms with Crippen LogP contribution >= 0.6 is 0 Å². The van der Waals surface area contributed by atoms with Crippen molar-refractivity contribution in [2.24, 2.45) is 23.5 Å². The molecule has 1 aromatic carbocycles. The van der Waals surface area contributed by atoms with E-state index in [0.717, 1.165) is 11.3 Å². The number of anilines is 1. The van der Waals surface area contributed by atoms with Crippen LogP contribution in [0, 0.1) is 17.8 Å². The molecule has 1 aromatic heterocycles. The number of aliphatic hydroxyl groups excluding tert-OH is 1. The molecule has 1 amide bonds. The third kappa shape index (κ3) is 10.3. The number of nitrogens with zero attached hydrogens (tertiary/aromatic N) is 5. The summed E-state index contributed by atoms with van der Waals surface area (Å²) in [6.07, 6.45) is -0.316. The van der Waals surface area contributed by atoms with Crippen molar-refractivity contribution in [3.05, 3.63) is 30.5 Å². The minimum absolute atomic E-state index is 0.0330. The van der Waals surface area contributed by atoms with Crippen molar-refractivity contribution < 1.29 is 43.2 Å². The highest BCUT2D eigenvalue weighted by atomic mass is 16.7. The van der Waals surface area contributed by atoms with Gasteiger partial charge in [0.15, 0.2) is 17.7 Å². The first-order chi connectivity index (χ1) is 28.4. The van der Waals surface area contributed by atoms with E-state index in [1.165, 1.54) is 6.92 Å². The van der Waals surface area contributed by atoms with E-state index in [1.807, 2.05) is 77.2 Å². The summed E-state index contributed by atoms with van der Waals surface area (Å²) >= 11 is 0. The van der Waals surface area contributed by atoms with Gasteiger partial charge >= 0.3 is 12.1 Å².